The fourth-order valence-electron chi connectivity index (χ4n) is 6.04. The van der Waals surface area contributed by atoms with Gasteiger partial charge in [-0.2, -0.15) is 0 Å². The van der Waals surface area contributed by atoms with Crippen molar-refractivity contribution in [2.24, 2.45) is 0 Å². The van der Waals surface area contributed by atoms with Crippen LogP contribution in [0.5, 0.6) is 17.2 Å². The van der Waals surface area contributed by atoms with Crippen molar-refractivity contribution in [2.45, 2.75) is 45.7 Å². The summed E-state index contributed by atoms with van der Waals surface area (Å²) < 4.78 is 17.8. The molecular formula is C35H37N3O4. The topological polar surface area (TPSA) is 72.9 Å². The first-order chi connectivity index (χ1) is 20.5. The van der Waals surface area contributed by atoms with Crippen molar-refractivity contribution < 1.29 is 19.0 Å². The third kappa shape index (κ3) is 5.77. The van der Waals surface area contributed by atoms with Gasteiger partial charge in [0, 0.05) is 38.3 Å². The summed E-state index contributed by atoms with van der Waals surface area (Å²) in [5.74, 6) is 2.39. The van der Waals surface area contributed by atoms with Crippen LogP contribution in [0.4, 0.5) is 4.79 Å². The second-order valence-corrected chi connectivity index (χ2v) is 11.1. The van der Waals surface area contributed by atoms with Crippen molar-refractivity contribution in [2.75, 3.05) is 26.9 Å². The van der Waals surface area contributed by atoms with Gasteiger partial charge in [0.15, 0.2) is 11.5 Å². The number of carbonyl (C=O) groups excluding carboxylic acids is 1. The molecule has 2 aliphatic rings. The summed E-state index contributed by atoms with van der Waals surface area (Å²) in [5.41, 5.74) is 9.18. The summed E-state index contributed by atoms with van der Waals surface area (Å²) in [4.78, 5) is 19.7. The lowest BCUT2D eigenvalue weighted by Gasteiger charge is -2.39. The van der Waals surface area contributed by atoms with Gasteiger partial charge in [-0.1, -0.05) is 35.9 Å². The Labute approximate surface area is 247 Å². The minimum absolute atomic E-state index is 0.0960. The number of carbonyl (C=O) groups is 1. The molecule has 1 atom stereocenters. The number of aryl methyl sites for hydroxylation is 2. The molecule has 3 heterocycles. The van der Waals surface area contributed by atoms with Gasteiger partial charge in [0.2, 0.25) is 0 Å². The third-order valence-electron chi connectivity index (χ3n) is 8.23. The van der Waals surface area contributed by atoms with E-state index in [2.05, 4.69) is 72.7 Å². The number of amides is 2. The standard InChI is InChI=1S/C35H37N3O4/c1-23-4-6-29(24(2)18-23)34-30-21-33(42-16-11-25-5-7-31-28(19-25)12-17-41-31)32(40-3)20-27(30)10-15-38(34)35(39)37-22-26-8-13-36-14-9-26/h4-9,13-14,18-21,34H,10-12,15-17,22H2,1-3H3,(H,37,39). The van der Waals surface area contributed by atoms with Gasteiger partial charge in [0.25, 0.3) is 0 Å². The molecule has 2 amide bonds. The molecular weight excluding hydrogens is 526 g/mol. The molecule has 7 heteroatoms. The highest BCUT2D eigenvalue weighted by molar-refractivity contribution is 5.76. The van der Waals surface area contributed by atoms with E-state index in [0.29, 0.717) is 31.2 Å². The number of aromatic nitrogens is 1. The molecule has 216 valence electrons. The van der Waals surface area contributed by atoms with Gasteiger partial charge < -0.3 is 24.4 Å². The first-order valence-corrected chi connectivity index (χ1v) is 14.6. The monoisotopic (exact) mass is 563 g/mol. The summed E-state index contributed by atoms with van der Waals surface area (Å²) in [5, 5.41) is 3.13. The Hall–Kier alpha value is -4.52. The second kappa shape index (κ2) is 12.1. The molecule has 0 radical (unpaired) electrons. The normalized spacial score (nSPS) is 15.4. The van der Waals surface area contributed by atoms with Crippen molar-refractivity contribution >= 4 is 6.03 Å². The van der Waals surface area contributed by atoms with Crippen LogP contribution in [0.3, 0.4) is 0 Å². The molecule has 1 aromatic heterocycles. The van der Waals surface area contributed by atoms with Crippen molar-refractivity contribution in [1.29, 1.82) is 0 Å². The zero-order valence-corrected chi connectivity index (χ0v) is 24.5. The van der Waals surface area contributed by atoms with Gasteiger partial charge in [-0.15, -0.1) is 0 Å². The highest BCUT2D eigenvalue weighted by atomic mass is 16.5. The Balaban J connectivity index is 1.28. The summed E-state index contributed by atoms with van der Waals surface area (Å²) in [6, 6.07) is 20.5. The number of benzene rings is 3. The number of nitrogens with zero attached hydrogens (tertiary/aromatic N) is 2. The fraction of sp³-hybridized carbons (Fsp3) is 0.314. The van der Waals surface area contributed by atoms with Crippen LogP contribution in [-0.2, 0) is 25.8 Å². The van der Waals surface area contributed by atoms with Gasteiger partial charge in [0.05, 0.1) is 26.4 Å². The molecule has 4 aromatic rings. The molecule has 2 aliphatic heterocycles. The molecule has 0 saturated carbocycles. The highest BCUT2D eigenvalue weighted by Crippen LogP contribution is 2.42. The molecule has 0 bridgehead atoms. The maximum absolute atomic E-state index is 13.7. The largest absolute Gasteiger partial charge is 0.493 e. The molecule has 7 nitrogen and oxygen atoms in total. The van der Waals surface area contributed by atoms with Crippen LogP contribution in [0.1, 0.15) is 50.5 Å². The van der Waals surface area contributed by atoms with Crippen molar-refractivity contribution in [3.8, 4) is 17.2 Å². The minimum Gasteiger partial charge on any atom is -0.493 e. The Morgan fingerprint density at radius 1 is 0.952 bits per heavy atom. The lowest BCUT2D eigenvalue weighted by molar-refractivity contribution is 0.179. The molecule has 3 aromatic carbocycles. The number of fused-ring (bicyclic) bond motifs is 2. The van der Waals surface area contributed by atoms with E-state index in [1.807, 2.05) is 17.0 Å². The smallest absolute Gasteiger partial charge is 0.318 e. The van der Waals surface area contributed by atoms with Gasteiger partial charge in [-0.3, -0.25) is 4.98 Å². The van der Waals surface area contributed by atoms with Gasteiger partial charge in [0.1, 0.15) is 5.75 Å². The van der Waals surface area contributed by atoms with E-state index in [0.717, 1.165) is 53.9 Å². The number of urea groups is 1. The molecule has 0 fully saturated rings. The number of hydrogen-bond donors (Lipinski definition) is 1. The first-order valence-electron chi connectivity index (χ1n) is 14.6. The third-order valence-corrected chi connectivity index (χ3v) is 8.23. The molecule has 0 aliphatic carbocycles. The van der Waals surface area contributed by atoms with Crippen LogP contribution in [0.2, 0.25) is 0 Å². The molecule has 6 rings (SSSR count). The Kier molecular flexibility index (Phi) is 8.00. The summed E-state index contributed by atoms with van der Waals surface area (Å²) in [7, 11) is 1.68. The lowest BCUT2D eigenvalue weighted by atomic mass is 9.85. The highest BCUT2D eigenvalue weighted by Gasteiger charge is 2.34. The van der Waals surface area contributed by atoms with Crippen LogP contribution in [0.15, 0.2) is 73.1 Å². The zero-order valence-electron chi connectivity index (χ0n) is 24.5. The van der Waals surface area contributed by atoms with E-state index in [4.69, 9.17) is 14.2 Å². The summed E-state index contributed by atoms with van der Waals surface area (Å²) >= 11 is 0. The zero-order chi connectivity index (χ0) is 29.1. The van der Waals surface area contributed by atoms with Crippen molar-refractivity contribution in [3.63, 3.8) is 0 Å². The van der Waals surface area contributed by atoms with E-state index < -0.39 is 0 Å². The van der Waals surface area contributed by atoms with Gasteiger partial charge in [-0.05, 0) is 89.5 Å². The van der Waals surface area contributed by atoms with Gasteiger partial charge >= 0.3 is 6.03 Å². The van der Waals surface area contributed by atoms with Crippen LogP contribution in [-0.4, -0.2) is 42.8 Å². The molecule has 0 spiro atoms. The van der Waals surface area contributed by atoms with Crippen LogP contribution in [0, 0.1) is 13.8 Å². The fourth-order valence-corrected chi connectivity index (χ4v) is 6.04. The van der Waals surface area contributed by atoms with E-state index in [1.165, 1.54) is 22.3 Å². The Morgan fingerprint density at radius 3 is 2.62 bits per heavy atom. The number of ether oxygens (including phenoxy) is 3. The van der Waals surface area contributed by atoms with Gasteiger partial charge in [-0.25, -0.2) is 4.79 Å². The van der Waals surface area contributed by atoms with E-state index in [-0.39, 0.29) is 12.1 Å². The van der Waals surface area contributed by atoms with Crippen LogP contribution >= 0.6 is 0 Å². The van der Waals surface area contributed by atoms with E-state index in [9.17, 15) is 4.79 Å². The lowest BCUT2D eigenvalue weighted by Crippen LogP contribution is -2.46. The number of rotatable bonds is 8. The first kappa shape index (κ1) is 27.6. The van der Waals surface area contributed by atoms with Crippen LogP contribution in [0.25, 0.3) is 0 Å². The maximum atomic E-state index is 13.7. The summed E-state index contributed by atoms with van der Waals surface area (Å²) in [6.45, 7) is 6.51. The molecule has 1 unspecified atom stereocenters. The average Bonchev–Trinajstić information content (AvgIpc) is 3.48. The minimum atomic E-state index is -0.253. The summed E-state index contributed by atoms with van der Waals surface area (Å²) in [6.07, 6.45) is 5.94. The van der Waals surface area contributed by atoms with Crippen molar-refractivity contribution in [1.82, 2.24) is 15.2 Å². The number of methoxy groups -OCH3 is 1. The second-order valence-electron chi connectivity index (χ2n) is 11.1. The van der Waals surface area contributed by atoms with E-state index >= 15 is 0 Å². The number of pyridine rings is 1. The Bertz CT molecular complexity index is 1590. The molecule has 0 saturated heterocycles. The maximum Gasteiger partial charge on any atom is 0.318 e. The Morgan fingerprint density at radius 2 is 1.81 bits per heavy atom. The average molecular weight is 564 g/mol. The molecule has 42 heavy (non-hydrogen) atoms. The van der Waals surface area contributed by atoms with Crippen LogP contribution < -0.4 is 19.5 Å². The van der Waals surface area contributed by atoms with E-state index in [1.54, 1.807) is 19.5 Å². The quantitative estimate of drug-likeness (QED) is 0.280. The predicted octanol–water partition coefficient (Wildman–Crippen LogP) is 6.12. The predicted molar refractivity (Wildman–Crippen MR) is 162 cm³/mol. The molecule has 1 N–H and O–H groups in total. The SMILES string of the molecule is COc1cc2c(cc1OCCc1ccc3c(c1)CCO3)C(c1ccc(C)cc1C)N(C(=O)NCc1ccncc1)CC2. The van der Waals surface area contributed by atoms with Crippen molar-refractivity contribution in [3.05, 3.63) is 118 Å². The number of hydrogen-bond acceptors (Lipinski definition) is 5. The number of nitrogens with one attached hydrogen (secondary N) is 1.